The van der Waals surface area contributed by atoms with Crippen molar-refractivity contribution in [2.24, 2.45) is 0 Å². The zero-order chi connectivity index (χ0) is 12.6. The second-order valence-electron chi connectivity index (χ2n) is 5.46. The fraction of sp³-hybridized carbons (Fsp3) is 0.818. The molecule has 0 bridgehead atoms. The summed E-state index contributed by atoms with van der Waals surface area (Å²) in [5.74, 6) is -0.688. The molecule has 16 heavy (non-hydrogen) atoms. The number of hydrogen-bond acceptors (Lipinski definition) is 4. The molecule has 5 nitrogen and oxygen atoms in total. The van der Waals surface area contributed by atoms with E-state index in [1.807, 2.05) is 0 Å². The molecule has 0 unspecified atom stereocenters. The summed E-state index contributed by atoms with van der Waals surface area (Å²) in [5, 5.41) is 22.6. The highest BCUT2D eigenvalue weighted by molar-refractivity contribution is 5.92. The summed E-state index contributed by atoms with van der Waals surface area (Å²) >= 11 is 0. The summed E-state index contributed by atoms with van der Waals surface area (Å²) < 4.78 is 0. The Balaban J connectivity index is 2.93. The highest BCUT2D eigenvalue weighted by Crippen LogP contribution is 2.38. The Kier molecular flexibility index (Phi) is 3.13. The molecule has 1 aliphatic rings. The first-order valence-corrected chi connectivity index (χ1v) is 5.38. The number of hydrogen-bond donors (Lipinski definition) is 3. The minimum absolute atomic E-state index is 0.101. The first kappa shape index (κ1) is 13.1. The number of amides is 1. The molecular weight excluding hydrogens is 210 g/mol. The molecule has 0 aliphatic heterocycles. The van der Waals surface area contributed by atoms with Gasteiger partial charge in [-0.2, -0.15) is 0 Å². The average Bonchev–Trinajstić information content (AvgIpc) is 2.43. The van der Waals surface area contributed by atoms with Gasteiger partial charge in [0.15, 0.2) is 17.5 Å². The van der Waals surface area contributed by atoms with E-state index in [0.29, 0.717) is 6.42 Å². The van der Waals surface area contributed by atoms with Crippen LogP contribution in [0.1, 0.15) is 40.0 Å². The van der Waals surface area contributed by atoms with Crippen LogP contribution in [-0.4, -0.2) is 39.1 Å². The molecule has 0 aromatic carbocycles. The maximum absolute atomic E-state index is 11.9. The van der Waals surface area contributed by atoms with Crippen LogP contribution in [0.5, 0.6) is 0 Å². The molecule has 3 N–H and O–H groups in total. The van der Waals surface area contributed by atoms with Crippen molar-refractivity contribution in [3.05, 3.63) is 0 Å². The van der Waals surface area contributed by atoms with Crippen molar-refractivity contribution in [3.63, 3.8) is 0 Å². The molecule has 0 heterocycles. The summed E-state index contributed by atoms with van der Waals surface area (Å²) in [5.41, 5.74) is -4.47. The third-order valence-corrected chi connectivity index (χ3v) is 2.87. The van der Waals surface area contributed by atoms with Gasteiger partial charge < -0.3 is 20.3 Å². The lowest BCUT2D eigenvalue weighted by atomic mass is 9.85. The zero-order valence-corrected chi connectivity index (χ0v) is 9.91. The molecule has 1 fully saturated rings. The normalized spacial score (nSPS) is 34.8. The molecule has 1 amide bonds. The third-order valence-electron chi connectivity index (χ3n) is 2.87. The number of rotatable bonds is 2. The molecule has 5 heteroatoms. The summed E-state index contributed by atoms with van der Waals surface area (Å²) in [4.78, 5) is 22.7. The predicted octanol–water partition coefficient (Wildman–Crippen LogP) is -0.254. The zero-order valence-electron chi connectivity index (χ0n) is 9.91. The lowest BCUT2D eigenvalue weighted by molar-refractivity contribution is -0.171. The first-order valence-electron chi connectivity index (χ1n) is 5.38. The van der Waals surface area contributed by atoms with Crippen LogP contribution in [0.2, 0.25) is 0 Å². The lowest BCUT2D eigenvalue weighted by Crippen LogP contribution is -2.63. The van der Waals surface area contributed by atoms with Crippen molar-refractivity contribution in [2.75, 3.05) is 0 Å². The quantitative estimate of drug-likeness (QED) is 0.570. The van der Waals surface area contributed by atoms with Crippen LogP contribution in [-0.2, 0) is 9.59 Å². The number of aliphatic hydroxyl groups is 2. The van der Waals surface area contributed by atoms with E-state index in [1.54, 1.807) is 20.8 Å². The Hall–Kier alpha value is -0.940. The van der Waals surface area contributed by atoms with Gasteiger partial charge in [-0.15, -0.1) is 0 Å². The Morgan fingerprint density at radius 1 is 1.31 bits per heavy atom. The van der Waals surface area contributed by atoms with Gasteiger partial charge in [0.2, 0.25) is 0 Å². The molecule has 0 aromatic rings. The molecule has 1 rings (SSSR count). The summed E-state index contributed by atoms with van der Waals surface area (Å²) in [6.07, 6.45) is 0.931. The first-order chi connectivity index (χ1) is 7.15. The summed E-state index contributed by atoms with van der Waals surface area (Å²) in [6, 6.07) is 0. The molecule has 92 valence electrons. The molecular formula is C11H19NO4. The van der Waals surface area contributed by atoms with Gasteiger partial charge in [0, 0.05) is 5.54 Å². The van der Waals surface area contributed by atoms with Gasteiger partial charge in [-0.3, -0.25) is 4.79 Å². The fourth-order valence-electron chi connectivity index (χ4n) is 1.95. The van der Waals surface area contributed by atoms with E-state index < -0.39 is 22.6 Å². The van der Waals surface area contributed by atoms with Crippen molar-refractivity contribution in [1.82, 2.24) is 5.32 Å². The van der Waals surface area contributed by atoms with Crippen molar-refractivity contribution < 1.29 is 19.8 Å². The highest BCUT2D eigenvalue weighted by Gasteiger charge is 2.58. The molecule has 1 saturated carbocycles. The predicted molar refractivity (Wildman–Crippen MR) is 57.7 cm³/mol. The topological polar surface area (TPSA) is 86.6 Å². The van der Waals surface area contributed by atoms with Crippen LogP contribution >= 0.6 is 0 Å². The smallest absolute Gasteiger partial charge is 0.255 e. The van der Waals surface area contributed by atoms with Gasteiger partial charge in [0.1, 0.15) is 0 Å². The summed E-state index contributed by atoms with van der Waals surface area (Å²) in [7, 11) is 0. The van der Waals surface area contributed by atoms with Crippen LogP contribution < -0.4 is 5.32 Å². The van der Waals surface area contributed by atoms with Crippen LogP contribution in [0.15, 0.2) is 0 Å². The minimum Gasteiger partial charge on any atom is -0.379 e. The third kappa shape index (κ3) is 2.10. The Labute approximate surface area is 94.8 Å². The average molecular weight is 229 g/mol. The van der Waals surface area contributed by atoms with Crippen LogP contribution in [0, 0.1) is 0 Å². The van der Waals surface area contributed by atoms with Crippen molar-refractivity contribution in [2.45, 2.75) is 56.8 Å². The van der Waals surface area contributed by atoms with E-state index in [1.165, 1.54) is 0 Å². The Bertz CT molecular complexity index is 310. The van der Waals surface area contributed by atoms with Gasteiger partial charge in [0.05, 0.1) is 0 Å². The van der Waals surface area contributed by atoms with Gasteiger partial charge in [-0.1, -0.05) is 0 Å². The van der Waals surface area contributed by atoms with E-state index in [2.05, 4.69) is 5.32 Å². The summed E-state index contributed by atoms with van der Waals surface area (Å²) in [6.45, 7) is 5.30. The van der Waals surface area contributed by atoms with Crippen LogP contribution in [0.3, 0.4) is 0 Å². The second kappa shape index (κ2) is 3.82. The van der Waals surface area contributed by atoms with Gasteiger partial charge in [-0.25, -0.2) is 0 Å². The molecule has 0 aromatic heterocycles. The second-order valence-corrected chi connectivity index (χ2v) is 5.46. The van der Waals surface area contributed by atoms with Gasteiger partial charge in [-0.05, 0) is 40.0 Å². The van der Waals surface area contributed by atoms with Gasteiger partial charge in [0.25, 0.3) is 5.91 Å². The molecule has 0 spiro atoms. The van der Waals surface area contributed by atoms with Gasteiger partial charge >= 0.3 is 0 Å². The number of carbonyl (C=O) groups excluding carboxylic acids is 2. The number of nitrogens with one attached hydrogen (secondary N) is 1. The van der Waals surface area contributed by atoms with Crippen LogP contribution in [0.25, 0.3) is 0 Å². The van der Waals surface area contributed by atoms with Crippen molar-refractivity contribution >= 4 is 12.2 Å². The fourth-order valence-corrected chi connectivity index (χ4v) is 1.95. The van der Waals surface area contributed by atoms with Crippen molar-refractivity contribution in [1.29, 1.82) is 0 Å². The van der Waals surface area contributed by atoms with E-state index >= 15 is 0 Å². The Morgan fingerprint density at radius 3 is 2.31 bits per heavy atom. The van der Waals surface area contributed by atoms with Crippen molar-refractivity contribution in [3.8, 4) is 0 Å². The Morgan fingerprint density at radius 2 is 1.88 bits per heavy atom. The minimum atomic E-state index is -2.00. The highest BCUT2D eigenvalue weighted by atomic mass is 16.4. The van der Waals surface area contributed by atoms with Crippen LogP contribution in [0.4, 0.5) is 0 Å². The molecule has 2 atom stereocenters. The van der Waals surface area contributed by atoms with E-state index in [4.69, 9.17) is 0 Å². The molecule has 0 saturated heterocycles. The standard InChI is InChI=1S/C11H19NO4/c1-9(2,3)12-8(14)11(16)6-4-5-10(11,15)7-13/h7,15-16H,4-6H2,1-3H3,(H,12,14)/t10-,11-/m0/s1. The maximum Gasteiger partial charge on any atom is 0.255 e. The number of aldehydes is 1. The molecule has 0 radical (unpaired) electrons. The van der Waals surface area contributed by atoms with E-state index in [-0.39, 0.29) is 19.1 Å². The van der Waals surface area contributed by atoms with E-state index in [0.717, 1.165) is 0 Å². The number of carbonyl (C=O) groups is 2. The maximum atomic E-state index is 11.9. The largest absolute Gasteiger partial charge is 0.379 e. The molecule has 1 aliphatic carbocycles. The monoisotopic (exact) mass is 229 g/mol. The SMILES string of the molecule is CC(C)(C)NC(=O)[C@@]1(O)CCC[C@]1(O)C=O. The van der Waals surface area contributed by atoms with E-state index in [9.17, 15) is 19.8 Å². The lowest BCUT2D eigenvalue weighted by Gasteiger charge is -2.35.